The van der Waals surface area contributed by atoms with Crippen molar-refractivity contribution in [2.75, 3.05) is 10.6 Å². The second-order valence-electron chi connectivity index (χ2n) is 5.04. The van der Waals surface area contributed by atoms with Crippen molar-refractivity contribution in [3.8, 4) is 24.7 Å². The molecule has 7 nitrogen and oxygen atoms in total. The molecule has 2 aromatic carbocycles. The molecule has 2 aromatic rings. The summed E-state index contributed by atoms with van der Waals surface area (Å²) in [5, 5.41) is 23.0. The van der Waals surface area contributed by atoms with E-state index in [2.05, 4.69) is 22.5 Å². The molecule has 26 heavy (non-hydrogen) atoms. The summed E-state index contributed by atoms with van der Waals surface area (Å²) in [5.74, 6) is 2.16. The van der Waals surface area contributed by atoms with Crippen LogP contribution in [0.4, 0.5) is 16.2 Å². The molecule has 0 atom stereocenters. The Labute approximate surface area is 148 Å². The molecule has 0 saturated carbocycles. The van der Waals surface area contributed by atoms with Crippen molar-refractivity contribution in [1.29, 1.82) is 0 Å². The van der Waals surface area contributed by atoms with Gasteiger partial charge in [0.2, 0.25) is 0 Å². The van der Waals surface area contributed by atoms with Gasteiger partial charge < -0.3 is 20.8 Å². The van der Waals surface area contributed by atoms with Gasteiger partial charge in [-0.25, -0.2) is 14.4 Å². The fourth-order valence-electron chi connectivity index (χ4n) is 2.09. The number of hydrogen-bond acceptors (Lipinski definition) is 3. The zero-order chi connectivity index (χ0) is 19.3. The highest BCUT2D eigenvalue weighted by Gasteiger charge is 2.13. The maximum atomic E-state index is 12.2. The first kappa shape index (κ1) is 18.1. The van der Waals surface area contributed by atoms with Crippen molar-refractivity contribution < 1.29 is 24.6 Å². The number of aromatic carboxylic acids is 2. The fraction of sp³-hybridized carbons (Fsp3) is 0. The van der Waals surface area contributed by atoms with Gasteiger partial charge in [0.1, 0.15) is 0 Å². The minimum atomic E-state index is -1.33. The lowest BCUT2D eigenvalue weighted by atomic mass is 10.1. The van der Waals surface area contributed by atoms with Gasteiger partial charge in [0.15, 0.2) is 0 Å². The molecule has 0 aliphatic rings. The summed E-state index contributed by atoms with van der Waals surface area (Å²) in [6.45, 7) is 0. The van der Waals surface area contributed by atoms with E-state index in [9.17, 15) is 14.4 Å². The van der Waals surface area contributed by atoms with Gasteiger partial charge in [-0.2, -0.15) is 0 Å². The molecule has 0 bridgehead atoms. The molecule has 7 heteroatoms. The Balaban J connectivity index is 2.29. The smallest absolute Gasteiger partial charge is 0.335 e. The molecule has 0 heterocycles. The summed E-state index contributed by atoms with van der Waals surface area (Å²) in [5.41, 5.74) is 0.617. The number of benzene rings is 2. The van der Waals surface area contributed by atoms with Crippen LogP contribution < -0.4 is 10.6 Å². The van der Waals surface area contributed by atoms with Crippen LogP contribution >= 0.6 is 0 Å². The van der Waals surface area contributed by atoms with Gasteiger partial charge in [-0.3, -0.25) is 0 Å². The molecule has 128 valence electrons. The number of amides is 2. The molecule has 0 spiro atoms. The van der Waals surface area contributed by atoms with Gasteiger partial charge in [0.05, 0.1) is 16.8 Å². The third-order valence-corrected chi connectivity index (χ3v) is 3.27. The predicted molar refractivity (Wildman–Crippen MR) is 95.3 cm³/mol. The highest BCUT2D eigenvalue weighted by molar-refractivity contribution is 6.03. The van der Waals surface area contributed by atoms with E-state index in [-0.39, 0.29) is 22.5 Å². The van der Waals surface area contributed by atoms with Crippen molar-refractivity contribution in [2.24, 2.45) is 0 Å². The number of hydrogen-bond donors (Lipinski definition) is 4. The fourth-order valence-corrected chi connectivity index (χ4v) is 2.09. The van der Waals surface area contributed by atoms with Crippen LogP contribution in [-0.2, 0) is 0 Å². The number of urea groups is 1. The summed E-state index contributed by atoms with van der Waals surface area (Å²) in [6, 6.07) is 7.20. The molecule has 0 aliphatic carbocycles. The van der Waals surface area contributed by atoms with Crippen LogP contribution in [0.2, 0.25) is 0 Å². The van der Waals surface area contributed by atoms with Crippen LogP contribution in [0.5, 0.6) is 0 Å². The van der Waals surface area contributed by atoms with E-state index >= 15 is 0 Å². The Kier molecular flexibility index (Phi) is 5.27. The number of terminal acetylenes is 2. The lowest BCUT2D eigenvalue weighted by Crippen LogP contribution is -2.20. The molecule has 0 fully saturated rings. The van der Waals surface area contributed by atoms with E-state index in [0.29, 0.717) is 11.1 Å². The summed E-state index contributed by atoms with van der Waals surface area (Å²) < 4.78 is 0. The average molecular weight is 348 g/mol. The first-order valence-corrected chi connectivity index (χ1v) is 7.11. The third-order valence-electron chi connectivity index (χ3n) is 3.27. The van der Waals surface area contributed by atoms with Crippen molar-refractivity contribution in [2.45, 2.75) is 0 Å². The number of carboxylic acid groups (broad SMARTS) is 2. The van der Waals surface area contributed by atoms with E-state index in [1.165, 1.54) is 6.07 Å². The van der Waals surface area contributed by atoms with Gasteiger partial charge in [-0.1, -0.05) is 11.8 Å². The molecule has 0 aliphatic heterocycles. The quantitative estimate of drug-likeness (QED) is 0.634. The maximum absolute atomic E-state index is 12.2. The summed E-state index contributed by atoms with van der Waals surface area (Å²) in [4.78, 5) is 34.4. The number of carboxylic acids is 2. The summed E-state index contributed by atoms with van der Waals surface area (Å²) >= 11 is 0. The number of rotatable bonds is 4. The minimum absolute atomic E-state index is 0.00448. The van der Waals surface area contributed by atoms with Gasteiger partial charge >= 0.3 is 18.0 Å². The third kappa shape index (κ3) is 4.19. The standard InChI is InChI=1S/C19H12N2O5/c1-3-11-5-6-12(4-2)16(7-11)21-19(26)20-15-9-13(17(22)23)8-14(10-15)18(24)25/h1-2,5-10H,(H,22,23)(H,24,25)(H2,20,21,26). The zero-order valence-corrected chi connectivity index (χ0v) is 13.2. The Morgan fingerprint density at radius 3 is 1.96 bits per heavy atom. The monoisotopic (exact) mass is 348 g/mol. The van der Waals surface area contributed by atoms with Crippen LogP contribution in [0, 0.1) is 24.7 Å². The Bertz CT molecular complexity index is 964. The Morgan fingerprint density at radius 1 is 0.846 bits per heavy atom. The highest BCUT2D eigenvalue weighted by Crippen LogP contribution is 2.19. The number of anilines is 2. The van der Waals surface area contributed by atoms with Crippen molar-refractivity contribution in [3.63, 3.8) is 0 Å². The minimum Gasteiger partial charge on any atom is -0.478 e. The van der Waals surface area contributed by atoms with Crippen molar-refractivity contribution in [1.82, 2.24) is 0 Å². The van der Waals surface area contributed by atoms with E-state index in [0.717, 1.165) is 18.2 Å². The molecular formula is C19H12N2O5. The van der Waals surface area contributed by atoms with Crippen LogP contribution in [0.15, 0.2) is 36.4 Å². The van der Waals surface area contributed by atoms with Crippen molar-refractivity contribution in [3.05, 3.63) is 58.7 Å². The van der Waals surface area contributed by atoms with E-state index < -0.39 is 18.0 Å². The van der Waals surface area contributed by atoms with Gasteiger partial charge in [0, 0.05) is 16.8 Å². The SMILES string of the molecule is C#Cc1ccc(C#C)c(NC(=O)Nc2cc(C(=O)O)cc(C(=O)O)c2)c1. The Hall–Kier alpha value is -4.23. The molecule has 2 rings (SSSR count). The molecule has 2 amide bonds. The number of carbonyl (C=O) groups excluding carboxylic acids is 1. The average Bonchev–Trinajstić information content (AvgIpc) is 2.61. The molecular weight excluding hydrogens is 336 g/mol. The lowest BCUT2D eigenvalue weighted by Gasteiger charge is -2.11. The van der Waals surface area contributed by atoms with Gasteiger partial charge in [0.25, 0.3) is 0 Å². The van der Waals surface area contributed by atoms with E-state index in [4.69, 9.17) is 23.1 Å². The summed E-state index contributed by atoms with van der Waals surface area (Å²) in [7, 11) is 0. The second kappa shape index (κ2) is 7.56. The molecule has 4 N–H and O–H groups in total. The first-order valence-electron chi connectivity index (χ1n) is 7.11. The van der Waals surface area contributed by atoms with Crippen LogP contribution in [-0.4, -0.2) is 28.2 Å². The zero-order valence-electron chi connectivity index (χ0n) is 13.2. The predicted octanol–water partition coefficient (Wildman–Crippen LogP) is 2.69. The van der Waals surface area contributed by atoms with Crippen molar-refractivity contribution >= 4 is 29.3 Å². The molecule has 0 unspecified atom stereocenters. The van der Waals surface area contributed by atoms with Gasteiger partial charge in [-0.15, -0.1) is 12.8 Å². The lowest BCUT2D eigenvalue weighted by molar-refractivity contribution is 0.0696. The van der Waals surface area contributed by atoms with Crippen LogP contribution in [0.1, 0.15) is 31.8 Å². The molecule has 0 saturated heterocycles. The summed E-state index contributed by atoms with van der Waals surface area (Å²) in [6.07, 6.45) is 10.7. The topological polar surface area (TPSA) is 116 Å². The first-order chi connectivity index (χ1) is 12.3. The normalized spacial score (nSPS) is 9.46. The molecule has 0 aromatic heterocycles. The number of nitrogens with one attached hydrogen (secondary N) is 2. The Morgan fingerprint density at radius 2 is 1.46 bits per heavy atom. The van der Waals surface area contributed by atoms with Crippen LogP contribution in [0.25, 0.3) is 0 Å². The highest BCUT2D eigenvalue weighted by atomic mass is 16.4. The number of carbonyl (C=O) groups is 3. The van der Waals surface area contributed by atoms with Gasteiger partial charge in [-0.05, 0) is 36.4 Å². The van der Waals surface area contributed by atoms with E-state index in [1.54, 1.807) is 12.1 Å². The largest absolute Gasteiger partial charge is 0.478 e. The maximum Gasteiger partial charge on any atom is 0.335 e. The second-order valence-corrected chi connectivity index (χ2v) is 5.04. The molecule has 0 radical (unpaired) electrons. The van der Waals surface area contributed by atoms with Crippen LogP contribution in [0.3, 0.4) is 0 Å². The van der Waals surface area contributed by atoms with E-state index in [1.807, 2.05) is 0 Å².